The number of carbonyl (C=O) groups excluding carboxylic acids is 2. The molecule has 1 heterocycles. The molecule has 0 saturated heterocycles. The van der Waals surface area contributed by atoms with Crippen molar-refractivity contribution in [2.24, 2.45) is 0 Å². The zero-order chi connectivity index (χ0) is 20.1. The average molecular weight is 435 g/mol. The van der Waals surface area contributed by atoms with Crippen LogP contribution in [-0.4, -0.2) is 28.7 Å². The van der Waals surface area contributed by atoms with Crippen LogP contribution < -0.4 is 5.32 Å². The molecule has 3 rings (SSSR count). The van der Waals surface area contributed by atoms with Crippen molar-refractivity contribution in [3.8, 4) is 0 Å². The van der Waals surface area contributed by atoms with E-state index < -0.39 is 18.0 Å². The molecule has 0 aliphatic rings. The second-order valence-corrected chi connectivity index (χ2v) is 7.63. The van der Waals surface area contributed by atoms with Gasteiger partial charge in [-0.1, -0.05) is 47.5 Å². The molecule has 28 heavy (non-hydrogen) atoms. The first-order chi connectivity index (χ1) is 13.5. The number of fused-ring (bicyclic) bond motifs is 1. The Bertz CT molecular complexity index is 1020. The van der Waals surface area contributed by atoms with Gasteiger partial charge in [0, 0.05) is 21.5 Å². The van der Waals surface area contributed by atoms with Crippen LogP contribution in [0.25, 0.3) is 10.8 Å². The maximum atomic E-state index is 12.2. The summed E-state index contributed by atoms with van der Waals surface area (Å²) < 4.78 is 5.22. The second-order valence-electron chi connectivity index (χ2n) is 5.85. The van der Waals surface area contributed by atoms with Gasteiger partial charge in [0.1, 0.15) is 0 Å². The van der Waals surface area contributed by atoms with Crippen LogP contribution in [-0.2, 0) is 14.3 Å². The van der Waals surface area contributed by atoms with Crippen molar-refractivity contribution in [2.45, 2.75) is 17.9 Å². The predicted octanol–water partition coefficient (Wildman–Crippen LogP) is 5.20. The number of carbonyl (C=O) groups is 2. The van der Waals surface area contributed by atoms with E-state index in [-0.39, 0.29) is 10.9 Å². The SMILES string of the molecule is CC(OC(=O)CSc1cccc2cccc(Cl)c12)C(=O)Nc1cccnc1Cl. The quantitative estimate of drug-likeness (QED) is 0.327. The van der Waals surface area contributed by atoms with Gasteiger partial charge in [-0.15, -0.1) is 11.8 Å². The number of anilines is 1. The molecule has 0 fully saturated rings. The lowest BCUT2D eigenvalue weighted by Crippen LogP contribution is -2.30. The number of pyridine rings is 1. The molecule has 2 aromatic carbocycles. The van der Waals surface area contributed by atoms with Crippen LogP contribution in [0.4, 0.5) is 5.69 Å². The van der Waals surface area contributed by atoms with E-state index in [1.807, 2.05) is 36.4 Å². The zero-order valence-electron chi connectivity index (χ0n) is 14.8. The van der Waals surface area contributed by atoms with Crippen LogP contribution in [0.15, 0.2) is 59.6 Å². The fourth-order valence-corrected chi connectivity index (χ4v) is 3.91. The van der Waals surface area contributed by atoms with Crippen LogP contribution in [0.5, 0.6) is 0 Å². The van der Waals surface area contributed by atoms with Crippen LogP contribution in [0.2, 0.25) is 10.2 Å². The number of nitrogens with zero attached hydrogens (tertiary/aromatic N) is 1. The predicted molar refractivity (Wildman–Crippen MR) is 113 cm³/mol. The molecular formula is C20H16Cl2N2O3S. The Morgan fingerprint density at radius 3 is 2.64 bits per heavy atom. The molecule has 5 nitrogen and oxygen atoms in total. The number of benzene rings is 2. The lowest BCUT2D eigenvalue weighted by Gasteiger charge is -2.14. The summed E-state index contributed by atoms with van der Waals surface area (Å²) in [5.41, 5.74) is 0.358. The van der Waals surface area contributed by atoms with E-state index in [0.717, 1.165) is 15.7 Å². The molecule has 1 unspecified atom stereocenters. The van der Waals surface area contributed by atoms with E-state index in [0.29, 0.717) is 10.7 Å². The molecule has 0 saturated carbocycles. The Labute approximate surface area is 176 Å². The van der Waals surface area contributed by atoms with Gasteiger partial charge in [0.15, 0.2) is 11.3 Å². The summed E-state index contributed by atoms with van der Waals surface area (Å²) in [6.07, 6.45) is 0.540. The maximum absolute atomic E-state index is 12.2. The second kappa shape index (κ2) is 9.28. The van der Waals surface area contributed by atoms with Gasteiger partial charge >= 0.3 is 5.97 Å². The Kier molecular flexibility index (Phi) is 6.78. The summed E-state index contributed by atoms with van der Waals surface area (Å²) in [5, 5.41) is 5.25. The number of rotatable bonds is 6. The van der Waals surface area contributed by atoms with Gasteiger partial charge in [-0.25, -0.2) is 4.98 Å². The smallest absolute Gasteiger partial charge is 0.317 e. The Hall–Kier alpha value is -2.28. The molecule has 8 heteroatoms. The van der Waals surface area contributed by atoms with Gasteiger partial charge in [-0.2, -0.15) is 0 Å². The number of hydrogen-bond acceptors (Lipinski definition) is 5. The Morgan fingerprint density at radius 2 is 1.89 bits per heavy atom. The molecule has 0 aliphatic carbocycles. The minimum atomic E-state index is -0.972. The first kappa shape index (κ1) is 20.5. The van der Waals surface area contributed by atoms with Gasteiger partial charge in [-0.05, 0) is 36.6 Å². The molecule has 0 radical (unpaired) electrons. The standard InChI is InChI=1S/C20H16Cl2N2O3S/c1-12(20(26)24-15-8-4-10-23-19(15)22)27-17(25)11-28-16-9-3-6-13-5-2-7-14(21)18(13)16/h2-10,12H,11H2,1H3,(H,24,26). The van der Waals surface area contributed by atoms with Gasteiger partial charge in [0.05, 0.1) is 11.4 Å². The van der Waals surface area contributed by atoms with Crippen molar-refractivity contribution in [1.82, 2.24) is 4.98 Å². The van der Waals surface area contributed by atoms with Gasteiger partial charge < -0.3 is 10.1 Å². The first-order valence-electron chi connectivity index (χ1n) is 8.36. The topological polar surface area (TPSA) is 68.3 Å². The van der Waals surface area contributed by atoms with E-state index in [1.54, 1.807) is 12.1 Å². The summed E-state index contributed by atoms with van der Waals surface area (Å²) in [4.78, 5) is 29.1. The van der Waals surface area contributed by atoms with Crippen LogP contribution in [0, 0.1) is 0 Å². The Morgan fingerprint density at radius 1 is 1.14 bits per heavy atom. The van der Waals surface area contributed by atoms with E-state index in [2.05, 4.69) is 10.3 Å². The van der Waals surface area contributed by atoms with Crippen molar-refractivity contribution in [3.05, 3.63) is 64.9 Å². The van der Waals surface area contributed by atoms with Gasteiger partial charge in [-0.3, -0.25) is 9.59 Å². The van der Waals surface area contributed by atoms with E-state index >= 15 is 0 Å². The molecule has 0 spiro atoms. The number of esters is 1. The summed E-state index contributed by atoms with van der Waals surface area (Å²) >= 11 is 13.5. The number of halogens is 2. The molecule has 1 aromatic heterocycles. The zero-order valence-corrected chi connectivity index (χ0v) is 17.1. The van der Waals surface area contributed by atoms with Crippen LogP contribution in [0.3, 0.4) is 0 Å². The number of aromatic nitrogens is 1. The number of ether oxygens (including phenoxy) is 1. The molecule has 144 valence electrons. The molecule has 0 bridgehead atoms. The first-order valence-corrected chi connectivity index (χ1v) is 10.1. The van der Waals surface area contributed by atoms with Crippen molar-refractivity contribution >= 4 is 63.3 Å². The summed E-state index contributed by atoms with van der Waals surface area (Å²) in [6, 6.07) is 14.7. The molecular weight excluding hydrogens is 419 g/mol. The van der Waals surface area contributed by atoms with E-state index in [4.69, 9.17) is 27.9 Å². The molecule has 1 N–H and O–H groups in total. The Balaban J connectivity index is 1.59. The average Bonchev–Trinajstić information content (AvgIpc) is 2.68. The van der Waals surface area contributed by atoms with Crippen LogP contribution >= 0.6 is 35.0 Å². The number of hydrogen-bond donors (Lipinski definition) is 1. The molecule has 3 aromatic rings. The third kappa shape index (κ3) is 4.95. The third-order valence-corrected chi connectivity index (χ3v) is 5.50. The molecule has 1 atom stereocenters. The highest BCUT2D eigenvalue weighted by atomic mass is 35.5. The third-order valence-electron chi connectivity index (χ3n) is 3.86. The minimum Gasteiger partial charge on any atom is -0.452 e. The number of amides is 1. The van der Waals surface area contributed by atoms with Crippen molar-refractivity contribution in [2.75, 3.05) is 11.1 Å². The highest BCUT2D eigenvalue weighted by molar-refractivity contribution is 8.00. The van der Waals surface area contributed by atoms with Gasteiger partial charge in [0.25, 0.3) is 5.91 Å². The normalized spacial score (nSPS) is 11.8. The minimum absolute atomic E-state index is 0.0512. The summed E-state index contributed by atoms with van der Waals surface area (Å²) in [7, 11) is 0. The lowest BCUT2D eigenvalue weighted by atomic mass is 10.1. The highest BCUT2D eigenvalue weighted by Gasteiger charge is 2.19. The molecule has 1 amide bonds. The van der Waals surface area contributed by atoms with E-state index in [1.165, 1.54) is 24.9 Å². The fraction of sp³-hybridized carbons (Fsp3) is 0.150. The van der Waals surface area contributed by atoms with Crippen LogP contribution in [0.1, 0.15) is 6.92 Å². The van der Waals surface area contributed by atoms with Crippen molar-refractivity contribution < 1.29 is 14.3 Å². The number of thioether (sulfide) groups is 1. The molecule has 0 aliphatic heterocycles. The summed E-state index contributed by atoms with van der Waals surface area (Å²) in [5.74, 6) is -0.939. The highest BCUT2D eigenvalue weighted by Crippen LogP contribution is 2.33. The number of nitrogens with one attached hydrogen (secondary N) is 1. The largest absolute Gasteiger partial charge is 0.452 e. The van der Waals surface area contributed by atoms with Crippen molar-refractivity contribution in [1.29, 1.82) is 0 Å². The fourth-order valence-electron chi connectivity index (χ4n) is 2.52. The van der Waals surface area contributed by atoms with Crippen molar-refractivity contribution in [3.63, 3.8) is 0 Å². The van der Waals surface area contributed by atoms with E-state index in [9.17, 15) is 9.59 Å². The maximum Gasteiger partial charge on any atom is 0.317 e. The monoisotopic (exact) mass is 434 g/mol. The van der Waals surface area contributed by atoms with Gasteiger partial charge in [0.2, 0.25) is 0 Å². The lowest BCUT2D eigenvalue weighted by molar-refractivity contribution is -0.150. The summed E-state index contributed by atoms with van der Waals surface area (Å²) in [6.45, 7) is 1.50.